The average Bonchev–Trinajstić information content (AvgIpc) is 2.82. The number of hydrogen-bond acceptors (Lipinski definition) is 4. The molecule has 2 atom stereocenters. The number of amides is 2. The zero-order valence-corrected chi connectivity index (χ0v) is 23.6. The number of nitrogens with zero attached hydrogens (tertiary/aromatic N) is 2. The van der Waals surface area contributed by atoms with Gasteiger partial charge < -0.3 is 10.2 Å². The van der Waals surface area contributed by atoms with E-state index in [0.717, 1.165) is 23.1 Å². The first-order valence-electron chi connectivity index (χ1n) is 12.2. The van der Waals surface area contributed by atoms with Crippen LogP contribution >= 0.6 is 11.6 Å². The van der Waals surface area contributed by atoms with E-state index in [1.165, 1.54) is 15.5 Å². The summed E-state index contributed by atoms with van der Waals surface area (Å²) < 4.78 is 26.5. The predicted molar refractivity (Wildman–Crippen MR) is 147 cm³/mol. The highest BCUT2D eigenvalue weighted by molar-refractivity contribution is 7.92. The smallest absolute Gasteiger partial charge is 0.242 e. The zero-order valence-electron chi connectivity index (χ0n) is 22.0. The number of hydrogen-bond donors (Lipinski definition) is 1. The second-order valence-electron chi connectivity index (χ2n) is 9.26. The number of halogens is 1. The number of benzene rings is 2. The van der Waals surface area contributed by atoms with Crippen LogP contribution < -0.4 is 9.62 Å². The van der Waals surface area contributed by atoms with Gasteiger partial charge in [0.05, 0.1) is 11.9 Å². The largest absolute Gasteiger partial charge is 0.352 e. The summed E-state index contributed by atoms with van der Waals surface area (Å²) in [6.45, 7) is 9.75. The Labute approximate surface area is 220 Å². The van der Waals surface area contributed by atoms with Crippen molar-refractivity contribution in [2.24, 2.45) is 0 Å². The van der Waals surface area contributed by atoms with Gasteiger partial charge in [0.1, 0.15) is 6.04 Å². The van der Waals surface area contributed by atoms with E-state index < -0.39 is 16.1 Å². The maximum absolute atomic E-state index is 13.4. The summed E-state index contributed by atoms with van der Waals surface area (Å²) in [5.74, 6) is -0.478. The number of anilines is 1. The standard InChI is InChI=1S/C27H38ClN3O4S/c1-7-20(3)29-27(33)22(5)30(18-23-13-8-9-14-24(23)28)26(32)16-11-17-31(36(6,34)35)25-15-10-12-19(2)21(25)4/h8-10,12-15,20,22H,7,11,16-18H2,1-6H3,(H,29,33). The molecule has 0 fully saturated rings. The van der Waals surface area contributed by atoms with E-state index in [1.54, 1.807) is 19.1 Å². The third kappa shape index (κ3) is 7.96. The molecule has 2 aromatic rings. The van der Waals surface area contributed by atoms with Crippen LogP contribution in [-0.4, -0.2) is 50.0 Å². The fraction of sp³-hybridized carbons (Fsp3) is 0.481. The summed E-state index contributed by atoms with van der Waals surface area (Å²) in [7, 11) is -3.55. The van der Waals surface area contributed by atoms with Crippen LogP contribution in [0.1, 0.15) is 56.7 Å². The quantitative estimate of drug-likeness (QED) is 0.421. The molecule has 1 N–H and O–H groups in total. The number of sulfonamides is 1. The van der Waals surface area contributed by atoms with E-state index in [4.69, 9.17) is 11.6 Å². The van der Waals surface area contributed by atoms with Crippen LogP contribution in [0.4, 0.5) is 5.69 Å². The van der Waals surface area contributed by atoms with Gasteiger partial charge in [0.15, 0.2) is 0 Å². The van der Waals surface area contributed by atoms with Gasteiger partial charge in [-0.2, -0.15) is 0 Å². The van der Waals surface area contributed by atoms with Crippen molar-refractivity contribution in [2.75, 3.05) is 17.1 Å². The van der Waals surface area contributed by atoms with Crippen molar-refractivity contribution in [3.8, 4) is 0 Å². The Morgan fingerprint density at radius 2 is 1.72 bits per heavy atom. The Morgan fingerprint density at radius 1 is 1.06 bits per heavy atom. The lowest BCUT2D eigenvalue weighted by Gasteiger charge is -2.30. The minimum atomic E-state index is -3.55. The van der Waals surface area contributed by atoms with Gasteiger partial charge in [0, 0.05) is 30.6 Å². The van der Waals surface area contributed by atoms with Crippen molar-refractivity contribution in [1.29, 1.82) is 0 Å². The van der Waals surface area contributed by atoms with E-state index in [0.29, 0.717) is 17.1 Å². The first kappa shape index (κ1) is 29.6. The lowest BCUT2D eigenvalue weighted by molar-refractivity contribution is -0.140. The molecule has 0 aromatic heterocycles. The molecule has 198 valence electrons. The SMILES string of the molecule is CCC(C)NC(=O)C(C)N(Cc1ccccc1Cl)C(=O)CCCN(c1cccc(C)c1C)S(C)(=O)=O. The Kier molecular flexibility index (Phi) is 10.8. The fourth-order valence-electron chi connectivity index (χ4n) is 3.85. The lowest BCUT2D eigenvalue weighted by Crippen LogP contribution is -2.49. The Bertz CT molecular complexity index is 1170. The molecular weight excluding hydrogens is 498 g/mol. The van der Waals surface area contributed by atoms with Gasteiger partial charge in [0.25, 0.3) is 0 Å². The molecule has 0 saturated carbocycles. The molecule has 2 aromatic carbocycles. The number of rotatable bonds is 12. The highest BCUT2D eigenvalue weighted by atomic mass is 35.5. The molecule has 9 heteroatoms. The summed E-state index contributed by atoms with van der Waals surface area (Å²) in [4.78, 5) is 27.8. The molecule has 0 radical (unpaired) electrons. The topological polar surface area (TPSA) is 86.8 Å². The van der Waals surface area contributed by atoms with Crippen molar-refractivity contribution in [2.45, 2.75) is 72.5 Å². The van der Waals surface area contributed by atoms with Crippen LogP contribution in [0.5, 0.6) is 0 Å². The Morgan fingerprint density at radius 3 is 2.33 bits per heavy atom. The van der Waals surface area contributed by atoms with Gasteiger partial charge in [-0.25, -0.2) is 8.42 Å². The van der Waals surface area contributed by atoms with Crippen molar-refractivity contribution in [3.63, 3.8) is 0 Å². The van der Waals surface area contributed by atoms with Crippen LogP contribution in [0.15, 0.2) is 42.5 Å². The van der Waals surface area contributed by atoms with Crippen LogP contribution in [-0.2, 0) is 26.2 Å². The molecule has 36 heavy (non-hydrogen) atoms. The van der Waals surface area contributed by atoms with Crippen molar-refractivity contribution in [1.82, 2.24) is 10.2 Å². The lowest BCUT2D eigenvalue weighted by atomic mass is 10.1. The molecule has 0 saturated heterocycles. The normalized spacial score (nSPS) is 13.1. The summed E-state index contributed by atoms with van der Waals surface area (Å²) in [6.07, 6.45) is 2.33. The molecule has 2 unspecified atom stereocenters. The summed E-state index contributed by atoms with van der Waals surface area (Å²) in [5.41, 5.74) is 3.22. The Hall–Kier alpha value is -2.58. The van der Waals surface area contributed by atoms with Crippen LogP contribution in [0, 0.1) is 13.8 Å². The summed E-state index contributed by atoms with van der Waals surface area (Å²) in [6, 6.07) is 12.0. The summed E-state index contributed by atoms with van der Waals surface area (Å²) >= 11 is 6.34. The van der Waals surface area contributed by atoms with Gasteiger partial charge >= 0.3 is 0 Å². The second kappa shape index (κ2) is 13.1. The van der Waals surface area contributed by atoms with Crippen LogP contribution in [0.3, 0.4) is 0 Å². The van der Waals surface area contributed by atoms with Crippen LogP contribution in [0.2, 0.25) is 5.02 Å². The minimum absolute atomic E-state index is 0.0156. The third-order valence-corrected chi connectivity index (χ3v) is 8.01. The maximum atomic E-state index is 13.4. The highest BCUT2D eigenvalue weighted by Gasteiger charge is 2.28. The number of aryl methyl sites for hydroxylation is 1. The number of carbonyl (C=O) groups excluding carboxylic acids is 2. The van der Waals surface area contributed by atoms with Gasteiger partial charge in [0.2, 0.25) is 21.8 Å². The van der Waals surface area contributed by atoms with E-state index in [-0.39, 0.29) is 37.4 Å². The molecule has 0 heterocycles. The molecular formula is C27H38ClN3O4S. The molecule has 0 aliphatic heterocycles. The minimum Gasteiger partial charge on any atom is -0.352 e. The van der Waals surface area contributed by atoms with E-state index in [2.05, 4.69) is 5.32 Å². The van der Waals surface area contributed by atoms with Gasteiger partial charge in [-0.05, 0) is 69.4 Å². The van der Waals surface area contributed by atoms with Gasteiger partial charge in [-0.15, -0.1) is 0 Å². The molecule has 0 aliphatic carbocycles. The van der Waals surface area contributed by atoms with Gasteiger partial charge in [-0.3, -0.25) is 13.9 Å². The zero-order chi connectivity index (χ0) is 27.0. The molecule has 0 aliphatic rings. The monoisotopic (exact) mass is 535 g/mol. The van der Waals surface area contributed by atoms with Gasteiger partial charge in [-0.1, -0.05) is 48.9 Å². The average molecular weight is 536 g/mol. The molecule has 7 nitrogen and oxygen atoms in total. The van der Waals surface area contributed by atoms with Crippen molar-refractivity contribution >= 4 is 39.1 Å². The highest BCUT2D eigenvalue weighted by Crippen LogP contribution is 2.26. The number of nitrogens with one attached hydrogen (secondary N) is 1. The fourth-order valence-corrected chi connectivity index (χ4v) is 5.06. The first-order valence-corrected chi connectivity index (χ1v) is 14.5. The third-order valence-electron chi connectivity index (χ3n) is 6.46. The summed E-state index contributed by atoms with van der Waals surface area (Å²) in [5, 5.41) is 3.46. The van der Waals surface area contributed by atoms with E-state index in [1.807, 2.05) is 58.0 Å². The second-order valence-corrected chi connectivity index (χ2v) is 11.6. The maximum Gasteiger partial charge on any atom is 0.242 e. The molecule has 0 spiro atoms. The van der Waals surface area contributed by atoms with E-state index >= 15 is 0 Å². The van der Waals surface area contributed by atoms with Crippen molar-refractivity contribution < 1.29 is 18.0 Å². The number of carbonyl (C=O) groups is 2. The van der Waals surface area contributed by atoms with Crippen LogP contribution in [0.25, 0.3) is 0 Å². The first-order chi connectivity index (χ1) is 16.9. The van der Waals surface area contributed by atoms with E-state index in [9.17, 15) is 18.0 Å². The Balaban J connectivity index is 2.22. The molecule has 0 bridgehead atoms. The molecule has 2 amide bonds. The predicted octanol–water partition coefficient (Wildman–Crippen LogP) is 4.84. The van der Waals surface area contributed by atoms with Crippen molar-refractivity contribution in [3.05, 3.63) is 64.2 Å². The molecule has 2 rings (SSSR count).